The molecule has 3 rings (SSSR count). The first-order chi connectivity index (χ1) is 12.1. The van der Waals surface area contributed by atoms with Gasteiger partial charge in [-0.25, -0.2) is 4.79 Å². The minimum atomic E-state index is -0.762. The molecule has 0 fully saturated rings. The van der Waals surface area contributed by atoms with Crippen LogP contribution in [0.25, 0.3) is 0 Å². The molecule has 0 bridgehead atoms. The molecule has 132 valence electrons. The molecule has 0 unspecified atom stereocenters. The molecule has 5 nitrogen and oxygen atoms in total. The lowest BCUT2D eigenvalue weighted by Crippen LogP contribution is -2.42. The number of amides is 2. The van der Waals surface area contributed by atoms with Gasteiger partial charge < -0.3 is 20.5 Å². The van der Waals surface area contributed by atoms with Crippen molar-refractivity contribution in [3.8, 4) is 5.75 Å². The largest absolute Gasteiger partial charge is 0.491 e. The lowest BCUT2D eigenvalue weighted by molar-refractivity contribution is 0.107. The van der Waals surface area contributed by atoms with Gasteiger partial charge in [0.25, 0.3) is 0 Å². The van der Waals surface area contributed by atoms with Crippen LogP contribution in [-0.4, -0.2) is 30.4 Å². The summed E-state index contributed by atoms with van der Waals surface area (Å²) in [6, 6.07) is 15.6. The number of ether oxygens (including phenoxy) is 1. The fourth-order valence-electron chi connectivity index (χ4n) is 3.08. The van der Waals surface area contributed by atoms with Crippen LogP contribution in [0.2, 0.25) is 0 Å². The Balaban J connectivity index is 1.40. The van der Waals surface area contributed by atoms with Crippen molar-refractivity contribution in [1.29, 1.82) is 0 Å². The van der Waals surface area contributed by atoms with E-state index in [1.54, 1.807) is 0 Å². The average Bonchev–Trinajstić information content (AvgIpc) is 3.01. The molecule has 0 heterocycles. The second-order valence-corrected chi connectivity index (χ2v) is 6.43. The number of rotatable bonds is 6. The summed E-state index contributed by atoms with van der Waals surface area (Å²) in [4.78, 5) is 12.1. The number of hydrogen-bond acceptors (Lipinski definition) is 3. The Kier molecular flexibility index (Phi) is 5.56. The van der Waals surface area contributed by atoms with Gasteiger partial charge in [-0.15, -0.1) is 0 Å². The maximum absolute atomic E-state index is 12.1. The molecule has 2 aromatic carbocycles. The van der Waals surface area contributed by atoms with E-state index in [-0.39, 0.29) is 25.2 Å². The summed E-state index contributed by atoms with van der Waals surface area (Å²) in [5, 5.41) is 15.7. The van der Waals surface area contributed by atoms with Crippen molar-refractivity contribution in [2.75, 3.05) is 13.2 Å². The van der Waals surface area contributed by atoms with E-state index in [4.69, 9.17) is 4.74 Å². The molecular formula is C20H24N2O3. The van der Waals surface area contributed by atoms with Crippen LogP contribution in [0.1, 0.15) is 29.2 Å². The van der Waals surface area contributed by atoms with E-state index in [0.717, 1.165) is 18.4 Å². The number of aliphatic hydroxyl groups excluding tert-OH is 1. The molecule has 5 heteroatoms. The number of carbonyl (C=O) groups is 1. The van der Waals surface area contributed by atoms with E-state index >= 15 is 0 Å². The van der Waals surface area contributed by atoms with Gasteiger partial charge in [-0.1, -0.05) is 36.4 Å². The molecule has 2 aromatic rings. The van der Waals surface area contributed by atoms with Gasteiger partial charge in [0, 0.05) is 6.54 Å². The smallest absolute Gasteiger partial charge is 0.315 e. The third kappa shape index (κ3) is 4.73. The summed E-state index contributed by atoms with van der Waals surface area (Å²) in [5.41, 5.74) is 3.57. The van der Waals surface area contributed by atoms with Crippen molar-refractivity contribution in [3.63, 3.8) is 0 Å². The zero-order valence-electron chi connectivity index (χ0n) is 14.4. The number of benzene rings is 2. The number of urea groups is 1. The first-order valence-electron chi connectivity index (χ1n) is 8.61. The highest BCUT2D eigenvalue weighted by molar-refractivity contribution is 5.74. The number of hydrogen-bond donors (Lipinski definition) is 3. The maximum atomic E-state index is 12.1. The van der Waals surface area contributed by atoms with Crippen LogP contribution < -0.4 is 15.4 Å². The minimum Gasteiger partial charge on any atom is -0.491 e. The molecule has 0 saturated carbocycles. The number of aryl methyl sites for hydroxylation is 2. The summed E-state index contributed by atoms with van der Waals surface area (Å²) in [5.74, 6) is 0.714. The number of carbonyl (C=O) groups excluding carboxylic acids is 1. The molecule has 3 N–H and O–H groups in total. The van der Waals surface area contributed by atoms with Crippen molar-refractivity contribution < 1.29 is 14.6 Å². The Morgan fingerprint density at radius 1 is 1.28 bits per heavy atom. The average molecular weight is 340 g/mol. The zero-order chi connectivity index (χ0) is 17.6. The van der Waals surface area contributed by atoms with Crippen molar-refractivity contribution in [1.82, 2.24) is 10.6 Å². The Labute approximate surface area is 148 Å². The Morgan fingerprint density at radius 3 is 2.96 bits per heavy atom. The molecule has 2 atom stereocenters. The Morgan fingerprint density at radius 2 is 2.12 bits per heavy atom. The standard InChI is InChI=1S/C20H24N2O3/c1-14-5-4-7-17(11-14)25-13-16(23)12-21-20(24)22-19-10-9-15-6-2-3-8-18(15)19/h2-8,11,16,19,23H,9-10,12-13H2,1H3,(H2,21,22,24)/t16-,19+/m0/s1. The first-order valence-corrected chi connectivity index (χ1v) is 8.61. The van der Waals surface area contributed by atoms with Crippen LogP contribution in [0.4, 0.5) is 4.79 Å². The molecular weight excluding hydrogens is 316 g/mol. The molecule has 0 spiro atoms. The number of nitrogens with one attached hydrogen (secondary N) is 2. The van der Waals surface area contributed by atoms with Gasteiger partial charge in [-0.3, -0.25) is 0 Å². The van der Waals surface area contributed by atoms with Crippen molar-refractivity contribution >= 4 is 6.03 Å². The predicted octanol–water partition coefficient (Wildman–Crippen LogP) is 2.72. The quantitative estimate of drug-likeness (QED) is 0.757. The van der Waals surface area contributed by atoms with Gasteiger partial charge in [0.05, 0.1) is 6.04 Å². The van der Waals surface area contributed by atoms with Gasteiger partial charge in [0.1, 0.15) is 18.5 Å². The molecule has 0 radical (unpaired) electrons. The van der Waals surface area contributed by atoms with E-state index in [1.165, 1.54) is 11.1 Å². The van der Waals surface area contributed by atoms with Gasteiger partial charge in [-0.05, 0) is 48.6 Å². The summed E-state index contributed by atoms with van der Waals surface area (Å²) in [6.07, 6.45) is 1.13. The molecule has 1 aliphatic rings. The number of aliphatic hydroxyl groups is 1. The van der Waals surface area contributed by atoms with Gasteiger partial charge in [-0.2, -0.15) is 0 Å². The summed E-state index contributed by atoms with van der Waals surface area (Å²) >= 11 is 0. The second-order valence-electron chi connectivity index (χ2n) is 6.43. The van der Waals surface area contributed by atoms with E-state index in [9.17, 15) is 9.90 Å². The molecule has 1 aliphatic carbocycles. The SMILES string of the molecule is Cc1cccc(OC[C@@H](O)CNC(=O)N[C@@H]2CCc3ccccc32)c1. The number of fused-ring (bicyclic) bond motifs is 1. The fourth-order valence-corrected chi connectivity index (χ4v) is 3.08. The van der Waals surface area contributed by atoms with Gasteiger partial charge in [0.15, 0.2) is 0 Å². The van der Waals surface area contributed by atoms with Crippen LogP contribution in [-0.2, 0) is 6.42 Å². The normalized spacial score (nSPS) is 16.8. The third-order valence-electron chi connectivity index (χ3n) is 4.37. The van der Waals surface area contributed by atoms with Crippen LogP contribution >= 0.6 is 0 Å². The van der Waals surface area contributed by atoms with Crippen LogP contribution in [0.3, 0.4) is 0 Å². The molecule has 25 heavy (non-hydrogen) atoms. The summed E-state index contributed by atoms with van der Waals surface area (Å²) < 4.78 is 5.54. The van der Waals surface area contributed by atoms with Crippen molar-refractivity contribution in [2.24, 2.45) is 0 Å². The molecule has 2 amide bonds. The monoisotopic (exact) mass is 340 g/mol. The maximum Gasteiger partial charge on any atom is 0.315 e. The third-order valence-corrected chi connectivity index (χ3v) is 4.37. The fraction of sp³-hybridized carbons (Fsp3) is 0.350. The van der Waals surface area contributed by atoms with Crippen molar-refractivity contribution in [3.05, 3.63) is 65.2 Å². The lowest BCUT2D eigenvalue weighted by Gasteiger charge is -2.17. The molecule has 0 aliphatic heterocycles. The van der Waals surface area contributed by atoms with Crippen LogP contribution in [0.5, 0.6) is 5.75 Å². The van der Waals surface area contributed by atoms with E-state index in [1.807, 2.05) is 43.3 Å². The second kappa shape index (κ2) is 8.03. The van der Waals surface area contributed by atoms with Gasteiger partial charge >= 0.3 is 6.03 Å². The van der Waals surface area contributed by atoms with Crippen LogP contribution in [0, 0.1) is 6.92 Å². The zero-order valence-corrected chi connectivity index (χ0v) is 14.4. The Hall–Kier alpha value is -2.53. The van der Waals surface area contributed by atoms with E-state index in [0.29, 0.717) is 5.75 Å². The highest BCUT2D eigenvalue weighted by atomic mass is 16.5. The van der Waals surface area contributed by atoms with E-state index < -0.39 is 6.10 Å². The molecule has 0 saturated heterocycles. The van der Waals surface area contributed by atoms with E-state index in [2.05, 4.69) is 22.8 Å². The van der Waals surface area contributed by atoms with Crippen LogP contribution in [0.15, 0.2) is 48.5 Å². The lowest BCUT2D eigenvalue weighted by atomic mass is 10.1. The first kappa shape index (κ1) is 17.3. The summed E-state index contributed by atoms with van der Waals surface area (Å²) in [7, 11) is 0. The van der Waals surface area contributed by atoms with Gasteiger partial charge in [0.2, 0.25) is 0 Å². The highest BCUT2D eigenvalue weighted by Crippen LogP contribution is 2.30. The molecule has 0 aromatic heterocycles. The minimum absolute atomic E-state index is 0.0388. The summed E-state index contributed by atoms with van der Waals surface area (Å²) in [6.45, 7) is 2.26. The highest BCUT2D eigenvalue weighted by Gasteiger charge is 2.23. The predicted molar refractivity (Wildman–Crippen MR) is 96.7 cm³/mol. The topological polar surface area (TPSA) is 70.6 Å². The Bertz CT molecular complexity index is 732. The van der Waals surface area contributed by atoms with Crippen molar-refractivity contribution in [2.45, 2.75) is 31.9 Å².